The molecule has 0 bridgehead atoms. The molecule has 82 valence electrons. The first kappa shape index (κ1) is 11.6. The molecule has 0 saturated carbocycles. The molecule has 1 aromatic rings. The number of hydrogen-bond donors (Lipinski definition) is 2. The minimum absolute atomic E-state index is 0.120. The summed E-state index contributed by atoms with van der Waals surface area (Å²) < 4.78 is 25.5. The summed E-state index contributed by atoms with van der Waals surface area (Å²) in [6.07, 6.45) is 0. The minimum Gasteiger partial charge on any atom is -0.351 e. The summed E-state index contributed by atoms with van der Waals surface area (Å²) in [7, 11) is 1.64. The standard InChI is InChI=1S/C10H12F2N2O/c1-13-6-10(15)14-5-7-2-8(11)4-9(12)3-7/h2-4,13H,5-6H2,1H3,(H,14,15). The Morgan fingerprint density at radius 3 is 2.40 bits per heavy atom. The molecule has 0 spiro atoms. The molecule has 1 aromatic carbocycles. The van der Waals surface area contributed by atoms with Gasteiger partial charge in [-0.25, -0.2) is 8.78 Å². The van der Waals surface area contributed by atoms with E-state index in [1.54, 1.807) is 7.05 Å². The molecule has 2 N–H and O–H groups in total. The molecule has 0 heterocycles. The highest BCUT2D eigenvalue weighted by atomic mass is 19.1. The third-order valence-corrected chi connectivity index (χ3v) is 1.75. The number of rotatable bonds is 4. The number of likely N-dealkylation sites (N-methyl/N-ethyl adjacent to an activating group) is 1. The fraction of sp³-hybridized carbons (Fsp3) is 0.300. The van der Waals surface area contributed by atoms with Gasteiger partial charge in [-0.1, -0.05) is 0 Å². The molecule has 0 fully saturated rings. The molecule has 0 unspecified atom stereocenters. The quantitative estimate of drug-likeness (QED) is 0.778. The van der Waals surface area contributed by atoms with E-state index in [9.17, 15) is 13.6 Å². The summed E-state index contributed by atoms with van der Waals surface area (Å²) in [5.74, 6) is -1.51. The topological polar surface area (TPSA) is 41.1 Å². The lowest BCUT2D eigenvalue weighted by molar-refractivity contribution is -0.120. The second-order valence-corrected chi connectivity index (χ2v) is 3.08. The number of amides is 1. The van der Waals surface area contributed by atoms with E-state index in [-0.39, 0.29) is 19.0 Å². The Morgan fingerprint density at radius 2 is 1.87 bits per heavy atom. The number of hydrogen-bond acceptors (Lipinski definition) is 2. The Bertz CT molecular complexity index is 335. The fourth-order valence-corrected chi connectivity index (χ4v) is 1.14. The van der Waals surface area contributed by atoms with E-state index in [1.807, 2.05) is 0 Å². The molecule has 5 heteroatoms. The summed E-state index contributed by atoms with van der Waals surface area (Å²) in [4.78, 5) is 11.0. The van der Waals surface area contributed by atoms with Crippen LogP contribution >= 0.6 is 0 Å². The van der Waals surface area contributed by atoms with Crippen molar-refractivity contribution in [2.75, 3.05) is 13.6 Å². The van der Waals surface area contributed by atoms with Gasteiger partial charge in [0.25, 0.3) is 0 Å². The number of carbonyl (C=O) groups is 1. The van der Waals surface area contributed by atoms with E-state index in [1.165, 1.54) is 12.1 Å². The van der Waals surface area contributed by atoms with Crippen molar-refractivity contribution >= 4 is 5.91 Å². The zero-order valence-corrected chi connectivity index (χ0v) is 8.31. The van der Waals surface area contributed by atoms with Gasteiger partial charge >= 0.3 is 0 Å². The summed E-state index contributed by atoms with van der Waals surface area (Å²) in [5, 5.41) is 5.19. The molecule has 1 rings (SSSR count). The van der Waals surface area contributed by atoms with Crippen molar-refractivity contribution in [2.45, 2.75) is 6.54 Å². The Morgan fingerprint density at radius 1 is 1.27 bits per heavy atom. The second kappa shape index (κ2) is 5.41. The molecule has 0 aliphatic rings. The molecule has 0 aliphatic heterocycles. The number of halogens is 2. The molecule has 3 nitrogen and oxygen atoms in total. The van der Waals surface area contributed by atoms with Crippen LogP contribution in [0, 0.1) is 11.6 Å². The SMILES string of the molecule is CNCC(=O)NCc1cc(F)cc(F)c1. The van der Waals surface area contributed by atoms with Gasteiger partial charge in [0, 0.05) is 12.6 Å². The first-order valence-corrected chi connectivity index (χ1v) is 4.48. The van der Waals surface area contributed by atoms with Crippen molar-refractivity contribution in [3.05, 3.63) is 35.4 Å². The van der Waals surface area contributed by atoms with Crippen LogP contribution in [0.4, 0.5) is 8.78 Å². The molecule has 0 atom stereocenters. The maximum absolute atomic E-state index is 12.7. The lowest BCUT2D eigenvalue weighted by Crippen LogP contribution is -2.31. The normalized spacial score (nSPS) is 10.1. The average molecular weight is 214 g/mol. The zero-order chi connectivity index (χ0) is 11.3. The van der Waals surface area contributed by atoms with Crippen LogP contribution in [0.2, 0.25) is 0 Å². The van der Waals surface area contributed by atoms with Crippen LogP contribution in [-0.4, -0.2) is 19.5 Å². The van der Waals surface area contributed by atoms with Crippen molar-refractivity contribution in [1.82, 2.24) is 10.6 Å². The van der Waals surface area contributed by atoms with Crippen molar-refractivity contribution in [2.24, 2.45) is 0 Å². The molecule has 0 radical (unpaired) electrons. The van der Waals surface area contributed by atoms with E-state index in [4.69, 9.17) is 0 Å². The lowest BCUT2D eigenvalue weighted by Gasteiger charge is -2.05. The van der Waals surface area contributed by atoms with E-state index in [0.717, 1.165) is 6.07 Å². The van der Waals surface area contributed by atoms with Crippen LogP contribution in [-0.2, 0) is 11.3 Å². The summed E-state index contributed by atoms with van der Waals surface area (Å²) >= 11 is 0. The third kappa shape index (κ3) is 4.03. The van der Waals surface area contributed by atoms with Crippen LogP contribution in [0.1, 0.15) is 5.56 Å². The number of nitrogens with one attached hydrogen (secondary N) is 2. The van der Waals surface area contributed by atoms with Gasteiger partial charge in [-0.05, 0) is 24.7 Å². The molecule has 0 aliphatic carbocycles. The van der Waals surface area contributed by atoms with Gasteiger partial charge in [-0.2, -0.15) is 0 Å². The van der Waals surface area contributed by atoms with Gasteiger partial charge in [-0.3, -0.25) is 4.79 Å². The molecule has 15 heavy (non-hydrogen) atoms. The zero-order valence-electron chi connectivity index (χ0n) is 8.31. The molecule has 0 aromatic heterocycles. The van der Waals surface area contributed by atoms with E-state index >= 15 is 0 Å². The predicted molar refractivity (Wildman–Crippen MR) is 52.1 cm³/mol. The smallest absolute Gasteiger partial charge is 0.234 e. The number of carbonyl (C=O) groups excluding carboxylic acids is 1. The summed E-state index contributed by atoms with van der Waals surface area (Å²) in [6.45, 7) is 0.299. The average Bonchev–Trinajstić information content (AvgIpc) is 2.14. The second-order valence-electron chi connectivity index (χ2n) is 3.08. The maximum Gasteiger partial charge on any atom is 0.234 e. The van der Waals surface area contributed by atoms with Crippen LogP contribution in [0.3, 0.4) is 0 Å². The fourth-order valence-electron chi connectivity index (χ4n) is 1.14. The van der Waals surface area contributed by atoms with E-state index < -0.39 is 11.6 Å². The number of benzene rings is 1. The first-order valence-electron chi connectivity index (χ1n) is 4.48. The van der Waals surface area contributed by atoms with Gasteiger partial charge in [-0.15, -0.1) is 0 Å². The van der Waals surface area contributed by atoms with Gasteiger partial charge in [0.05, 0.1) is 6.54 Å². The van der Waals surface area contributed by atoms with Crippen LogP contribution in [0.5, 0.6) is 0 Å². The van der Waals surface area contributed by atoms with Gasteiger partial charge < -0.3 is 10.6 Å². The van der Waals surface area contributed by atoms with E-state index in [2.05, 4.69) is 10.6 Å². The lowest BCUT2D eigenvalue weighted by atomic mass is 10.2. The summed E-state index contributed by atoms with van der Waals surface area (Å²) in [6, 6.07) is 3.16. The van der Waals surface area contributed by atoms with Gasteiger partial charge in [0.2, 0.25) is 5.91 Å². The minimum atomic E-state index is -0.645. The Balaban J connectivity index is 2.54. The van der Waals surface area contributed by atoms with Crippen LogP contribution in [0.15, 0.2) is 18.2 Å². The highest BCUT2D eigenvalue weighted by molar-refractivity contribution is 5.77. The Hall–Kier alpha value is -1.49. The van der Waals surface area contributed by atoms with Crippen molar-refractivity contribution < 1.29 is 13.6 Å². The Labute approximate surface area is 86.5 Å². The van der Waals surface area contributed by atoms with Crippen molar-refractivity contribution in [1.29, 1.82) is 0 Å². The van der Waals surface area contributed by atoms with Crippen molar-refractivity contribution in [3.8, 4) is 0 Å². The maximum atomic E-state index is 12.7. The Kier molecular flexibility index (Phi) is 4.17. The monoisotopic (exact) mass is 214 g/mol. The molecule has 1 amide bonds. The third-order valence-electron chi connectivity index (χ3n) is 1.75. The van der Waals surface area contributed by atoms with Gasteiger partial charge in [0.1, 0.15) is 11.6 Å². The predicted octanol–water partition coefficient (Wildman–Crippen LogP) is 0.800. The van der Waals surface area contributed by atoms with Crippen LogP contribution < -0.4 is 10.6 Å². The summed E-state index contributed by atoms with van der Waals surface area (Å²) in [5.41, 5.74) is 0.400. The largest absolute Gasteiger partial charge is 0.351 e. The highest BCUT2D eigenvalue weighted by Gasteiger charge is 2.02. The van der Waals surface area contributed by atoms with E-state index in [0.29, 0.717) is 5.56 Å². The van der Waals surface area contributed by atoms with Crippen LogP contribution in [0.25, 0.3) is 0 Å². The first-order chi connectivity index (χ1) is 7.11. The molecular formula is C10H12F2N2O. The van der Waals surface area contributed by atoms with Gasteiger partial charge in [0.15, 0.2) is 0 Å². The molecular weight excluding hydrogens is 202 g/mol. The molecule has 0 saturated heterocycles. The van der Waals surface area contributed by atoms with Crippen molar-refractivity contribution in [3.63, 3.8) is 0 Å². The highest BCUT2D eigenvalue weighted by Crippen LogP contribution is 2.07.